The van der Waals surface area contributed by atoms with E-state index in [2.05, 4.69) is 14.2 Å². The van der Waals surface area contributed by atoms with Crippen LogP contribution in [0.2, 0.25) is 0 Å². The molecule has 0 aliphatic carbocycles. The van der Waals surface area contributed by atoms with E-state index >= 15 is 0 Å². The summed E-state index contributed by atoms with van der Waals surface area (Å²) in [6, 6.07) is 6.31. The van der Waals surface area contributed by atoms with Gasteiger partial charge in [-0.2, -0.15) is 0 Å². The first-order valence-corrected chi connectivity index (χ1v) is 9.22. The Kier molecular flexibility index (Phi) is 6.04. The SMILES string of the molecule is COC(=O)Cc1cc(C)ccc1NS(=O)(=O)Cc1occc1C(=O)OC. The number of ether oxygens (including phenoxy) is 2. The van der Waals surface area contributed by atoms with Crippen molar-refractivity contribution in [3.8, 4) is 0 Å². The Balaban J connectivity index is 2.26. The van der Waals surface area contributed by atoms with Gasteiger partial charge in [0.05, 0.1) is 32.6 Å². The molecule has 2 rings (SSSR count). The summed E-state index contributed by atoms with van der Waals surface area (Å²) in [5.41, 5.74) is 1.64. The lowest BCUT2D eigenvalue weighted by Gasteiger charge is -2.13. The Bertz CT molecular complexity index is 915. The molecule has 0 aliphatic rings. The number of carbonyl (C=O) groups excluding carboxylic acids is 2. The fourth-order valence-corrected chi connectivity index (χ4v) is 3.49. The summed E-state index contributed by atoms with van der Waals surface area (Å²) in [6.45, 7) is 1.82. The second-order valence-corrected chi connectivity index (χ2v) is 7.25. The molecule has 1 N–H and O–H groups in total. The number of rotatable bonds is 7. The van der Waals surface area contributed by atoms with Crippen molar-refractivity contribution in [2.45, 2.75) is 19.1 Å². The number of hydrogen-bond acceptors (Lipinski definition) is 7. The number of furan rings is 1. The molecular formula is C17H19NO7S. The topological polar surface area (TPSA) is 112 Å². The fraction of sp³-hybridized carbons (Fsp3) is 0.294. The minimum absolute atomic E-state index is 0.0361. The van der Waals surface area contributed by atoms with Crippen LogP contribution in [0.3, 0.4) is 0 Å². The molecule has 0 atom stereocenters. The summed E-state index contributed by atoms with van der Waals surface area (Å²) in [5.74, 6) is -1.78. The molecular weight excluding hydrogens is 362 g/mol. The van der Waals surface area contributed by atoms with Crippen LogP contribution < -0.4 is 4.72 Å². The molecule has 0 aliphatic heterocycles. The van der Waals surface area contributed by atoms with E-state index in [-0.39, 0.29) is 23.4 Å². The van der Waals surface area contributed by atoms with Crippen molar-refractivity contribution in [3.63, 3.8) is 0 Å². The van der Waals surface area contributed by atoms with Crippen molar-refractivity contribution < 1.29 is 31.9 Å². The van der Waals surface area contributed by atoms with Crippen LogP contribution in [0.1, 0.15) is 27.2 Å². The van der Waals surface area contributed by atoms with Gasteiger partial charge in [-0.05, 0) is 24.6 Å². The molecule has 0 fully saturated rings. The summed E-state index contributed by atoms with van der Waals surface area (Å²) in [7, 11) is -1.45. The van der Waals surface area contributed by atoms with Crippen molar-refractivity contribution in [1.82, 2.24) is 0 Å². The summed E-state index contributed by atoms with van der Waals surface area (Å²) < 4.78 is 41.7. The lowest BCUT2D eigenvalue weighted by Crippen LogP contribution is -2.18. The van der Waals surface area contributed by atoms with Gasteiger partial charge in [-0.15, -0.1) is 0 Å². The van der Waals surface area contributed by atoms with E-state index < -0.39 is 27.7 Å². The van der Waals surface area contributed by atoms with Gasteiger partial charge >= 0.3 is 11.9 Å². The maximum atomic E-state index is 12.5. The maximum absolute atomic E-state index is 12.5. The highest BCUT2D eigenvalue weighted by Crippen LogP contribution is 2.22. The van der Waals surface area contributed by atoms with Crippen molar-refractivity contribution in [1.29, 1.82) is 0 Å². The van der Waals surface area contributed by atoms with Gasteiger partial charge in [0.2, 0.25) is 10.0 Å². The number of nitrogens with one attached hydrogen (secondary N) is 1. The highest BCUT2D eigenvalue weighted by Gasteiger charge is 2.22. The molecule has 9 heteroatoms. The molecule has 0 unspecified atom stereocenters. The molecule has 8 nitrogen and oxygen atoms in total. The van der Waals surface area contributed by atoms with E-state index in [4.69, 9.17) is 4.42 Å². The third kappa shape index (κ3) is 4.85. The second-order valence-electron chi connectivity index (χ2n) is 5.52. The Hall–Kier alpha value is -2.81. The number of methoxy groups -OCH3 is 2. The van der Waals surface area contributed by atoms with Crippen LogP contribution in [-0.2, 0) is 36.5 Å². The Labute approximate surface area is 151 Å². The lowest BCUT2D eigenvalue weighted by atomic mass is 10.1. The summed E-state index contributed by atoms with van der Waals surface area (Å²) in [6.07, 6.45) is 1.13. The Morgan fingerprint density at radius 2 is 1.88 bits per heavy atom. The van der Waals surface area contributed by atoms with Crippen molar-refractivity contribution >= 4 is 27.6 Å². The highest BCUT2D eigenvalue weighted by atomic mass is 32.2. The Morgan fingerprint density at radius 3 is 2.54 bits per heavy atom. The van der Waals surface area contributed by atoms with Crippen molar-refractivity contribution in [2.75, 3.05) is 18.9 Å². The molecule has 0 saturated carbocycles. The molecule has 0 spiro atoms. The smallest absolute Gasteiger partial charge is 0.341 e. The van der Waals surface area contributed by atoms with Crippen LogP contribution in [0.5, 0.6) is 0 Å². The van der Waals surface area contributed by atoms with Gasteiger partial charge in [0.25, 0.3) is 0 Å². The van der Waals surface area contributed by atoms with Gasteiger partial charge in [0.1, 0.15) is 17.1 Å². The van der Waals surface area contributed by atoms with E-state index in [0.717, 1.165) is 5.56 Å². The summed E-state index contributed by atoms with van der Waals surface area (Å²) in [5, 5.41) is 0. The minimum atomic E-state index is -3.90. The number of benzene rings is 1. The number of aryl methyl sites for hydroxylation is 1. The van der Waals surface area contributed by atoms with Crippen LogP contribution in [-0.4, -0.2) is 34.6 Å². The monoisotopic (exact) mass is 381 g/mol. The zero-order valence-electron chi connectivity index (χ0n) is 14.6. The molecule has 0 bridgehead atoms. The number of sulfonamides is 1. The fourth-order valence-electron chi connectivity index (χ4n) is 2.32. The van der Waals surface area contributed by atoms with E-state index in [0.29, 0.717) is 5.56 Å². The average molecular weight is 381 g/mol. The largest absolute Gasteiger partial charge is 0.469 e. The van der Waals surface area contributed by atoms with Gasteiger partial charge in [-0.3, -0.25) is 9.52 Å². The summed E-state index contributed by atoms with van der Waals surface area (Å²) >= 11 is 0. The highest BCUT2D eigenvalue weighted by molar-refractivity contribution is 7.91. The lowest BCUT2D eigenvalue weighted by molar-refractivity contribution is -0.139. The zero-order chi connectivity index (χ0) is 19.3. The molecule has 0 radical (unpaired) electrons. The number of anilines is 1. The van der Waals surface area contributed by atoms with Gasteiger partial charge in [-0.1, -0.05) is 17.7 Å². The molecule has 1 aromatic heterocycles. The summed E-state index contributed by atoms with van der Waals surface area (Å²) in [4.78, 5) is 23.2. The van der Waals surface area contributed by atoms with Crippen LogP contribution >= 0.6 is 0 Å². The van der Waals surface area contributed by atoms with Crippen LogP contribution in [0.25, 0.3) is 0 Å². The van der Waals surface area contributed by atoms with E-state index in [1.54, 1.807) is 18.2 Å². The molecule has 0 saturated heterocycles. The van der Waals surface area contributed by atoms with Gasteiger partial charge in [-0.25, -0.2) is 13.2 Å². The third-order valence-electron chi connectivity index (χ3n) is 3.56. The molecule has 1 aromatic carbocycles. The first-order valence-electron chi connectivity index (χ1n) is 7.57. The van der Waals surface area contributed by atoms with Gasteiger partial charge in [0, 0.05) is 0 Å². The van der Waals surface area contributed by atoms with E-state index in [9.17, 15) is 18.0 Å². The standard InChI is InChI=1S/C17H19NO7S/c1-11-4-5-14(12(8-11)9-16(19)23-2)18-26(21,22)10-15-13(6-7-25-15)17(20)24-3/h4-8,18H,9-10H2,1-3H3. The minimum Gasteiger partial charge on any atom is -0.469 e. The average Bonchev–Trinajstić information content (AvgIpc) is 3.03. The number of carbonyl (C=O) groups is 2. The maximum Gasteiger partial charge on any atom is 0.341 e. The Morgan fingerprint density at radius 1 is 1.15 bits per heavy atom. The third-order valence-corrected chi connectivity index (χ3v) is 4.73. The van der Waals surface area contributed by atoms with Crippen molar-refractivity contribution in [3.05, 3.63) is 53.0 Å². The first-order chi connectivity index (χ1) is 12.3. The van der Waals surface area contributed by atoms with Crippen molar-refractivity contribution in [2.24, 2.45) is 0 Å². The number of esters is 2. The van der Waals surface area contributed by atoms with Crippen LogP contribution in [0.15, 0.2) is 34.9 Å². The van der Waals surface area contributed by atoms with Crippen LogP contribution in [0.4, 0.5) is 5.69 Å². The number of hydrogen-bond donors (Lipinski definition) is 1. The van der Waals surface area contributed by atoms with Crippen LogP contribution in [0, 0.1) is 6.92 Å². The van der Waals surface area contributed by atoms with Gasteiger partial charge in [0.15, 0.2) is 0 Å². The van der Waals surface area contributed by atoms with Gasteiger partial charge < -0.3 is 13.9 Å². The van der Waals surface area contributed by atoms with E-state index in [1.165, 1.54) is 26.5 Å². The normalized spacial score (nSPS) is 11.0. The van der Waals surface area contributed by atoms with E-state index in [1.807, 2.05) is 6.92 Å². The molecule has 140 valence electrons. The predicted molar refractivity (Wildman–Crippen MR) is 93.2 cm³/mol. The molecule has 0 amide bonds. The quantitative estimate of drug-likeness (QED) is 0.730. The molecule has 2 aromatic rings. The molecule has 1 heterocycles. The molecule has 26 heavy (non-hydrogen) atoms. The second kappa shape index (κ2) is 8.05. The predicted octanol–water partition coefficient (Wildman–Crippen LogP) is 2.03. The zero-order valence-corrected chi connectivity index (χ0v) is 15.4. The first kappa shape index (κ1) is 19.5.